The van der Waals surface area contributed by atoms with E-state index in [-0.39, 0.29) is 5.82 Å². The fourth-order valence-corrected chi connectivity index (χ4v) is 2.72. The highest BCUT2D eigenvalue weighted by atomic mass is 32.1. The quantitative estimate of drug-likeness (QED) is 0.757. The molecule has 0 fully saturated rings. The van der Waals surface area contributed by atoms with Crippen LogP contribution in [0.1, 0.15) is 5.01 Å². The Morgan fingerprint density at radius 2 is 2.10 bits per heavy atom. The summed E-state index contributed by atoms with van der Waals surface area (Å²) in [6.07, 6.45) is 0.748. The molecule has 1 heterocycles. The van der Waals surface area contributed by atoms with Gasteiger partial charge in [-0.25, -0.2) is 4.39 Å². The zero-order valence-corrected chi connectivity index (χ0v) is 12.9. The van der Waals surface area contributed by atoms with Crippen LogP contribution in [0.3, 0.4) is 0 Å². The Morgan fingerprint density at radius 3 is 2.86 bits per heavy atom. The lowest BCUT2D eigenvalue weighted by Crippen LogP contribution is -2.21. The highest BCUT2D eigenvalue weighted by Gasteiger charge is 2.16. The molecule has 2 aromatic rings. The number of benzene rings is 1. The average molecular weight is 311 g/mol. The van der Waals surface area contributed by atoms with Gasteiger partial charge in [0, 0.05) is 26.6 Å². The van der Waals surface area contributed by atoms with Crippen LogP contribution in [0.25, 0.3) is 10.6 Å². The third kappa shape index (κ3) is 4.20. The van der Waals surface area contributed by atoms with Gasteiger partial charge in [0.25, 0.3) is 0 Å². The van der Waals surface area contributed by atoms with Crippen LogP contribution in [0.2, 0.25) is 0 Å². The number of hydrogen-bond acceptors (Lipinski definition) is 6. The average Bonchev–Trinajstić information content (AvgIpc) is 2.95. The Morgan fingerprint density at radius 1 is 1.24 bits per heavy atom. The maximum absolute atomic E-state index is 14.0. The summed E-state index contributed by atoms with van der Waals surface area (Å²) in [5.41, 5.74) is 0.371. The minimum absolute atomic E-state index is 0.352. The van der Waals surface area contributed by atoms with Crippen LogP contribution >= 0.6 is 11.3 Å². The number of hydrogen-bond donors (Lipinski definition) is 1. The van der Waals surface area contributed by atoms with Crippen LogP contribution in [-0.2, 0) is 11.2 Å². The van der Waals surface area contributed by atoms with Crippen molar-refractivity contribution in [2.75, 3.05) is 33.9 Å². The van der Waals surface area contributed by atoms with E-state index in [1.165, 1.54) is 24.5 Å². The fourth-order valence-electron chi connectivity index (χ4n) is 1.83. The maximum Gasteiger partial charge on any atom is 0.154 e. The molecule has 0 saturated carbocycles. The molecule has 0 amide bonds. The summed E-state index contributed by atoms with van der Waals surface area (Å²) in [6.45, 7) is 2.25. The van der Waals surface area contributed by atoms with Crippen molar-refractivity contribution < 1.29 is 13.9 Å². The minimum Gasteiger partial charge on any atom is -0.496 e. The van der Waals surface area contributed by atoms with E-state index in [2.05, 4.69) is 15.5 Å². The molecule has 1 aromatic heterocycles. The molecule has 0 radical (unpaired) electrons. The highest BCUT2D eigenvalue weighted by Crippen LogP contribution is 2.34. The molecule has 0 aliphatic heterocycles. The lowest BCUT2D eigenvalue weighted by atomic mass is 10.2. The molecule has 1 N–H and O–H groups in total. The van der Waals surface area contributed by atoms with Crippen LogP contribution in [-0.4, -0.2) is 44.1 Å². The second-order valence-corrected chi connectivity index (χ2v) is 5.37. The second kappa shape index (κ2) is 8.02. The molecule has 7 heteroatoms. The van der Waals surface area contributed by atoms with E-state index in [1.54, 1.807) is 19.2 Å². The van der Waals surface area contributed by atoms with Crippen molar-refractivity contribution in [3.63, 3.8) is 0 Å². The van der Waals surface area contributed by atoms with Gasteiger partial charge in [0.05, 0.1) is 19.3 Å². The van der Waals surface area contributed by atoms with Gasteiger partial charge in [-0.1, -0.05) is 17.4 Å². The van der Waals surface area contributed by atoms with Crippen molar-refractivity contribution in [3.05, 3.63) is 29.0 Å². The SMILES string of the molecule is COCCNCCc1nnc(-c2c(F)cccc2OC)s1. The van der Waals surface area contributed by atoms with Gasteiger partial charge in [0.15, 0.2) is 5.01 Å². The van der Waals surface area contributed by atoms with Gasteiger partial charge in [0.1, 0.15) is 16.6 Å². The Balaban J connectivity index is 2.03. The molecule has 0 saturated heterocycles. The third-order valence-corrected chi connectivity index (χ3v) is 3.88. The largest absolute Gasteiger partial charge is 0.496 e. The normalized spacial score (nSPS) is 10.8. The van der Waals surface area contributed by atoms with Gasteiger partial charge in [0.2, 0.25) is 0 Å². The summed E-state index contributed by atoms with van der Waals surface area (Å²) in [7, 11) is 3.18. The van der Waals surface area contributed by atoms with E-state index in [1.807, 2.05) is 0 Å². The molecule has 0 spiro atoms. The zero-order valence-electron chi connectivity index (χ0n) is 12.1. The van der Waals surface area contributed by atoms with Gasteiger partial charge in [-0.2, -0.15) is 0 Å². The molecule has 0 aliphatic rings. The van der Waals surface area contributed by atoms with E-state index in [0.717, 1.165) is 24.5 Å². The number of nitrogens with zero attached hydrogens (tertiary/aromatic N) is 2. The molecule has 0 aliphatic carbocycles. The summed E-state index contributed by atoms with van der Waals surface area (Å²) < 4.78 is 24.1. The first-order valence-electron chi connectivity index (χ1n) is 6.61. The number of halogens is 1. The zero-order chi connectivity index (χ0) is 15.1. The van der Waals surface area contributed by atoms with E-state index in [4.69, 9.17) is 9.47 Å². The standard InChI is InChI=1S/C14H18FN3O2S/c1-19-9-8-16-7-6-12-17-18-14(21-12)13-10(15)4-3-5-11(13)20-2/h3-5,16H,6-9H2,1-2H3. The Kier molecular flexibility index (Phi) is 6.04. The molecular weight excluding hydrogens is 293 g/mol. The molecule has 114 valence electrons. The number of aromatic nitrogens is 2. The topological polar surface area (TPSA) is 56.3 Å². The van der Waals surface area contributed by atoms with E-state index < -0.39 is 0 Å². The summed E-state index contributed by atoms with van der Waals surface area (Å²) in [4.78, 5) is 0. The predicted molar refractivity (Wildman–Crippen MR) is 80.3 cm³/mol. The van der Waals surface area contributed by atoms with Crippen molar-refractivity contribution in [3.8, 4) is 16.3 Å². The molecule has 2 rings (SSSR count). The predicted octanol–water partition coefficient (Wildman–Crippen LogP) is 2.13. The van der Waals surface area contributed by atoms with E-state index >= 15 is 0 Å². The first-order chi connectivity index (χ1) is 10.3. The molecule has 5 nitrogen and oxygen atoms in total. The molecule has 21 heavy (non-hydrogen) atoms. The van der Waals surface area contributed by atoms with Crippen LogP contribution in [0, 0.1) is 5.82 Å². The molecule has 0 bridgehead atoms. The van der Waals surface area contributed by atoms with Gasteiger partial charge in [-0.15, -0.1) is 10.2 Å². The molecular formula is C14H18FN3O2S. The second-order valence-electron chi connectivity index (χ2n) is 4.31. The molecule has 0 unspecified atom stereocenters. The summed E-state index contributed by atoms with van der Waals surface area (Å²) in [5.74, 6) is 0.117. The van der Waals surface area contributed by atoms with Gasteiger partial charge in [-0.05, 0) is 12.1 Å². The van der Waals surface area contributed by atoms with Gasteiger partial charge < -0.3 is 14.8 Å². The van der Waals surface area contributed by atoms with Crippen LogP contribution in [0.4, 0.5) is 4.39 Å². The molecule has 1 aromatic carbocycles. The first-order valence-corrected chi connectivity index (χ1v) is 7.42. The number of rotatable bonds is 8. The van der Waals surface area contributed by atoms with Crippen LogP contribution in [0.5, 0.6) is 5.75 Å². The monoisotopic (exact) mass is 311 g/mol. The maximum atomic E-state index is 14.0. The Hall–Kier alpha value is -1.57. The van der Waals surface area contributed by atoms with E-state index in [0.29, 0.717) is 22.9 Å². The fraction of sp³-hybridized carbons (Fsp3) is 0.429. The third-order valence-electron chi connectivity index (χ3n) is 2.87. The van der Waals surface area contributed by atoms with E-state index in [9.17, 15) is 4.39 Å². The number of nitrogens with one attached hydrogen (secondary N) is 1. The van der Waals surface area contributed by atoms with Gasteiger partial charge in [-0.3, -0.25) is 0 Å². The van der Waals surface area contributed by atoms with Crippen molar-refractivity contribution in [2.45, 2.75) is 6.42 Å². The van der Waals surface area contributed by atoms with Crippen molar-refractivity contribution >= 4 is 11.3 Å². The Labute approximate surface area is 127 Å². The van der Waals surface area contributed by atoms with Crippen LogP contribution < -0.4 is 10.1 Å². The van der Waals surface area contributed by atoms with Crippen molar-refractivity contribution in [2.24, 2.45) is 0 Å². The van der Waals surface area contributed by atoms with Crippen molar-refractivity contribution in [1.82, 2.24) is 15.5 Å². The summed E-state index contributed by atoms with van der Waals surface area (Å²) in [6, 6.07) is 4.72. The minimum atomic E-state index is -0.352. The lowest BCUT2D eigenvalue weighted by molar-refractivity contribution is 0.199. The summed E-state index contributed by atoms with van der Waals surface area (Å²) >= 11 is 1.38. The molecule has 0 atom stereocenters. The smallest absolute Gasteiger partial charge is 0.154 e. The number of methoxy groups -OCH3 is 2. The lowest BCUT2D eigenvalue weighted by Gasteiger charge is -2.05. The Bertz CT molecular complexity index is 577. The summed E-state index contributed by atoms with van der Waals surface area (Å²) in [5, 5.41) is 12.8. The highest BCUT2D eigenvalue weighted by molar-refractivity contribution is 7.14. The van der Waals surface area contributed by atoms with Crippen LogP contribution in [0.15, 0.2) is 18.2 Å². The number of ether oxygens (including phenoxy) is 2. The van der Waals surface area contributed by atoms with Gasteiger partial charge >= 0.3 is 0 Å². The van der Waals surface area contributed by atoms with Crippen molar-refractivity contribution in [1.29, 1.82) is 0 Å². The first kappa shape index (κ1) is 15.8.